The molecule has 85 heavy (non-hydrogen) atoms. The molecule has 0 aliphatic rings. The van der Waals surface area contributed by atoms with Crippen molar-refractivity contribution in [2.45, 2.75) is 272 Å². The number of ether oxygens (including phenoxy) is 6. The van der Waals surface area contributed by atoms with E-state index in [0.717, 1.165) is 154 Å². The molecule has 0 amide bonds. The summed E-state index contributed by atoms with van der Waals surface area (Å²) in [6.07, 6.45) is 19.7. The maximum atomic E-state index is 12.1. The minimum absolute atomic E-state index is 0. The Morgan fingerprint density at radius 3 is 0.576 bits per heavy atom. The molecule has 25 heteroatoms. The molecule has 0 aromatic heterocycles. The maximum absolute atomic E-state index is 12.1. The van der Waals surface area contributed by atoms with Crippen LogP contribution in [0.4, 0.5) is 0 Å². The average Bonchev–Trinajstić information content (AvgIpc) is 3.64. The van der Waals surface area contributed by atoms with Crippen LogP contribution in [0.25, 0.3) is 0 Å². The molecule has 0 saturated carbocycles. The minimum Gasteiger partial charge on any atom is -0.747 e. The summed E-state index contributed by atoms with van der Waals surface area (Å²) in [6.45, 7) is 24.8. The Morgan fingerprint density at radius 1 is 0.294 bits per heavy atom. The third kappa shape index (κ3) is 46.8. The maximum Gasteiger partial charge on any atom is 3.00 e. The van der Waals surface area contributed by atoms with Gasteiger partial charge in [0.05, 0.1) is 58.9 Å². The van der Waals surface area contributed by atoms with Crippen LogP contribution in [-0.2, 0) is 87.5 Å². The summed E-state index contributed by atoms with van der Waals surface area (Å²) in [5.41, 5.74) is 0. The van der Waals surface area contributed by atoms with Crippen molar-refractivity contribution >= 4 is 66.2 Å². The van der Waals surface area contributed by atoms with Crippen LogP contribution in [0.2, 0.25) is 0 Å². The number of carbonyl (C=O) groups is 6. The second-order valence-corrected chi connectivity index (χ2v) is 26.7. The first-order valence-electron chi connectivity index (χ1n) is 31.4. The van der Waals surface area contributed by atoms with E-state index in [1.54, 1.807) is 0 Å². The molecule has 0 aliphatic heterocycles. The van der Waals surface area contributed by atoms with E-state index in [2.05, 4.69) is 41.5 Å². The Kier molecular flexibility index (Phi) is 56.7. The number of unbranched alkanes of at least 4 members (excludes halogenated alkanes) is 6. The van der Waals surface area contributed by atoms with Crippen molar-refractivity contribution < 1.29 is 143 Å². The molecule has 0 rings (SSSR count). The van der Waals surface area contributed by atoms with Crippen LogP contribution < -0.4 is 0 Å². The molecule has 0 fully saturated rings. The number of carbonyl (C=O) groups excluding carboxylic acids is 6. The summed E-state index contributed by atoms with van der Waals surface area (Å²) in [5, 5.41) is -6.17. The van der Waals surface area contributed by atoms with Gasteiger partial charge in [-0.3, -0.25) is 28.8 Å². The molecule has 0 bridgehead atoms. The average molecular weight is 1440 g/mol. The number of rotatable bonds is 48. The molecule has 21 nitrogen and oxygen atoms in total. The van der Waals surface area contributed by atoms with E-state index in [-0.39, 0.29) is 122 Å². The van der Waals surface area contributed by atoms with Gasteiger partial charge in [0.1, 0.15) is 30.4 Å². The Labute approximate surface area is 552 Å². The predicted molar refractivity (Wildman–Crippen MR) is 320 cm³/mol. The van der Waals surface area contributed by atoms with Crippen LogP contribution in [0.3, 0.4) is 0 Å². The predicted octanol–water partition coefficient (Wildman–Crippen LogP) is 11.4. The fourth-order valence-corrected chi connectivity index (χ4v) is 10.4. The standard InChI is InChI=1S/3C20H38O7S.Yb/c3*1-5-9-11-16(7-3)14-26-19(21)13-18(28(23,24)25)20(22)27-15-17(8-4)12-10-6-2;/h3*16-18H,5-15H2,1-4H3,(H,23,24,25);/q;;;+3/p-3. The van der Waals surface area contributed by atoms with Crippen molar-refractivity contribution in [2.75, 3.05) is 39.6 Å². The summed E-state index contributed by atoms with van der Waals surface area (Å²) in [4.78, 5) is 72.4. The topological polar surface area (TPSA) is 329 Å². The fraction of sp³-hybridized carbons (Fsp3) is 0.900. The normalized spacial score (nSPS) is 14.7. The zero-order chi connectivity index (χ0) is 64.7. The van der Waals surface area contributed by atoms with Crippen molar-refractivity contribution in [3.05, 3.63) is 0 Å². The van der Waals surface area contributed by atoms with Crippen molar-refractivity contribution in [1.29, 1.82) is 0 Å². The zero-order valence-corrected chi connectivity index (χ0v) is 57.8. The largest absolute Gasteiger partial charge is 3.00 e. The van der Waals surface area contributed by atoms with Crippen molar-refractivity contribution in [3.8, 4) is 0 Å². The third-order valence-corrected chi connectivity index (χ3v) is 18.1. The summed E-state index contributed by atoms with van der Waals surface area (Å²) in [7, 11) is -15.0. The van der Waals surface area contributed by atoms with Gasteiger partial charge < -0.3 is 42.1 Å². The molecule has 0 aliphatic carbocycles. The smallest absolute Gasteiger partial charge is 0.747 e. The summed E-state index contributed by atoms with van der Waals surface area (Å²) in [6, 6.07) is 0. The molecule has 1 radical (unpaired) electrons. The summed E-state index contributed by atoms with van der Waals surface area (Å²) in [5.74, 6) is -5.23. The number of hydrogen-bond acceptors (Lipinski definition) is 21. The van der Waals surface area contributed by atoms with E-state index in [1.807, 2.05) is 41.5 Å². The zero-order valence-electron chi connectivity index (χ0n) is 53.6. The van der Waals surface area contributed by atoms with Crippen molar-refractivity contribution in [2.24, 2.45) is 35.5 Å². The van der Waals surface area contributed by atoms with Crippen LogP contribution in [-0.4, -0.2) is 130 Å². The second-order valence-electron chi connectivity index (χ2n) is 22.0. The van der Waals surface area contributed by atoms with Gasteiger partial charge in [0.15, 0.2) is 15.7 Å². The minimum atomic E-state index is -5.01. The first kappa shape index (κ1) is 89.5. The molecule has 0 spiro atoms. The molecule has 9 atom stereocenters. The van der Waals surface area contributed by atoms with Gasteiger partial charge in [-0.05, 0) is 74.0 Å². The van der Waals surface area contributed by atoms with Gasteiger partial charge in [-0.25, -0.2) is 25.3 Å². The van der Waals surface area contributed by atoms with Gasteiger partial charge in [-0.1, -0.05) is 199 Å². The van der Waals surface area contributed by atoms with E-state index < -0.39 is 101 Å². The molecule has 509 valence electrons. The Bertz CT molecular complexity index is 1880. The van der Waals surface area contributed by atoms with Gasteiger partial charge in [0.2, 0.25) is 0 Å². The monoisotopic (exact) mass is 1440 g/mol. The SMILES string of the molecule is CCCCC(CC)COC(=O)CC(C(=O)OCC(CC)CCCC)S(=O)(=O)[O-].CCCCC(CC)COC(=O)CC(C(=O)OCC(CC)CCCC)S(=O)(=O)[O-].CCCCC(CC)COC(=O)CC(C(=O)OCC(CC)CCCC)S(=O)(=O)[O-].[Yb+3]. The Hall–Kier alpha value is -1.93. The summed E-state index contributed by atoms with van der Waals surface area (Å²) >= 11 is 0. The Balaban J connectivity index is -0.000000576. The van der Waals surface area contributed by atoms with Crippen molar-refractivity contribution in [3.63, 3.8) is 0 Å². The second kappa shape index (κ2) is 53.9. The van der Waals surface area contributed by atoms with E-state index in [9.17, 15) is 67.7 Å². The Morgan fingerprint density at radius 2 is 0.447 bits per heavy atom. The van der Waals surface area contributed by atoms with E-state index >= 15 is 0 Å². The van der Waals surface area contributed by atoms with Gasteiger partial charge in [0, 0.05) is 0 Å². The van der Waals surface area contributed by atoms with Crippen LogP contribution >= 0.6 is 0 Å². The number of hydrogen-bond donors (Lipinski definition) is 0. The first-order valence-corrected chi connectivity index (χ1v) is 35.8. The molecule has 0 saturated heterocycles. The fourth-order valence-electron chi connectivity index (χ4n) is 8.44. The quantitative estimate of drug-likeness (QED) is 0.0310. The molecule has 0 N–H and O–H groups in total. The van der Waals surface area contributed by atoms with Crippen LogP contribution in [0.15, 0.2) is 0 Å². The number of esters is 6. The van der Waals surface area contributed by atoms with Crippen LogP contribution in [0.5, 0.6) is 0 Å². The van der Waals surface area contributed by atoms with Crippen LogP contribution in [0, 0.1) is 82.4 Å². The van der Waals surface area contributed by atoms with Crippen molar-refractivity contribution in [1.82, 2.24) is 0 Å². The first-order chi connectivity index (χ1) is 39.6. The van der Waals surface area contributed by atoms with E-state index in [0.29, 0.717) is 0 Å². The molecule has 0 heterocycles. The van der Waals surface area contributed by atoms with Gasteiger partial charge in [-0.2, -0.15) is 0 Å². The van der Waals surface area contributed by atoms with E-state index in [4.69, 9.17) is 28.4 Å². The molecular formula is C60H111O21S3Yb. The van der Waals surface area contributed by atoms with Gasteiger partial charge >= 0.3 is 82.7 Å². The van der Waals surface area contributed by atoms with E-state index in [1.165, 1.54) is 0 Å². The molecule has 0 aromatic carbocycles. The molecular weight excluding hydrogens is 1330 g/mol. The molecule has 0 aromatic rings. The van der Waals surface area contributed by atoms with Gasteiger partial charge in [-0.15, -0.1) is 0 Å². The third-order valence-electron chi connectivity index (χ3n) is 15.0. The summed E-state index contributed by atoms with van der Waals surface area (Å²) < 4.78 is 134. The van der Waals surface area contributed by atoms with Gasteiger partial charge in [0.25, 0.3) is 0 Å². The molecule has 9 unspecified atom stereocenters. The van der Waals surface area contributed by atoms with Crippen LogP contribution in [0.1, 0.15) is 256 Å².